The van der Waals surface area contributed by atoms with E-state index in [9.17, 15) is 31.4 Å². The van der Waals surface area contributed by atoms with Crippen LogP contribution in [0, 0.1) is 5.92 Å². The Balaban J connectivity index is 1.28. The average molecular weight is 894 g/mol. The van der Waals surface area contributed by atoms with E-state index in [0.29, 0.717) is 34.5 Å². The summed E-state index contributed by atoms with van der Waals surface area (Å²) in [6.45, 7) is 4.37. The van der Waals surface area contributed by atoms with Crippen LogP contribution in [-0.4, -0.2) is 16.6 Å². The molecule has 0 radical (unpaired) electrons. The van der Waals surface area contributed by atoms with Crippen LogP contribution in [0.2, 0.25) is 0 Å². The fraction of sp³-hybridized carbons (Fsp3) is 0.182. The molecule has 0 aromatic heterocycles. The van der Waals surface area contributed by atoms with E-state index in [-0.39, 0.29) is 12.5 Å². The quantitative estimate of drug-likeness (QED) is 0.0503. The summed E-state index contributed by atoms with van der Waals surface area (Å²) in [5.74, 6) is -0.395. The van der Waals surface area contributed by atoms with E-state index in [2.05, 4.69) is 13.8 Å². The van der Waals surface area contributed by atoms with Crippen molar-refractivity contribution in [1.82, 2.24) is 0 Å². The number of rotatable bonds is 14. The Labute approximate surface area is 380 Å². The third kappa shape index (κ3) is 10.1. The molecule has 8 rings (SSSR count). The minimum atomic E-state index is -4.49. The SMILES string of the molecule is CC(C)CC([NH+]1C=C(c2ccccc2-c2ccccc2)[N+](Cc2ccc(C(F)(F)F)cc2)=N1)C(N=C([O-])c1ccc(Cc2ccc(C(F)(F)F)cc2)cc1)(c1ccccc1)c1ccccc1. The van der Waals surface area contributed by atoms with Crippen molar-refractivity contribution < 1.29 is 41.2 Å². The molecule has 0 aliphatic carbocycles. The van der Waals surface area contributed by atoms with Gasteiger partial charge >= 0.3 is 12.4 Å². The zero-order valence-corrected chi connectivity index (χ0v) is 36.3. The summed E-state index contributed by atoms with van der Waals surface area (Å²) in [6, 6.07) is 53.8. The number of hydrogen-bond donors (Lipinski definition) is 1. The smallest absolute Gasteiger partial charge is 0.416 e. The molecule has 1 aliphatic heterocycles. The van der Waals surface area contributed by atoms with Crippen molar-refractivity contribution in [3.63, 3.8) is 0 Å². The van der Waals surface area contributed by atoms with Gasteiger partial charge in [-0.1, -0.05) is 172 Å². The Morgan fingerprint density at radius 2 is 1.02 bits per heavy atom. The Morgan fingerprint density at radius 1 is 0.561 bits per heavy atom. The molecule has 2 atom stereocenters. The van der Waals surface area contributed by atoms with Crippen LogP contribution < -0.4 is 10.1 Å². The summed E-state index contributed by atoms with van der Waals surface area (Å²) < 4.78 is 82.5. The second kappa shape index (κ2) is 19.2. The lowest BCUT2D eigenvalue weighted by atomic mass is 9.74. The molecule has 1 heterocycles. The summed E-state index contributed by atoms with van der Waals surface area (Å²) in [6.07, 6.45) is -5.99. The maximum atomic E-state index is 14.9. The van der Waals surface area contributed by atoms with Gasteiger partial charge in [0.05, 0.1) is 16.7 Å². The molecule has 1 N–H and O–H groups in total. The number of quaternary nitrogens is 1. The molecule has 0 amide bonds. The van der Waals surface area contributed by atoms with Gasteiger partial charge in [0.15, 0.2) is 16.8 Å². The van der Waals surface area contributed by atoms with Crippen LogP contribution in [0.25, 0.3) is 16.8 Å². The van der Waals surface area contributed by atoms with Crippen molar-refractivity contribution in [1.29, 1.82) is 0 Å². The van der Waals surface area contributed by atoms with Gasteiger partial charge in [-0.3, -0.25) is 4.99 Å². The highest BCUT2D eigenvalue weighted by Crippen LogP contribution is 2.41. The van der Waals surface area contributed by atoms with Gasteiger partial charge in [0.25, 0.3) is 5.70 Å². The van der Waals surface area contributed by atoms with Gasteiger partial charge in [0.1, 0.15) is 0 Å². The molecule has 2 unspecified atom stereocenters. The van der Waals surface area contributed by atoms with Gasteiger partial charge in [-0.15, -0.1) is 5.01 Å². The summed E-state index contributed by atoms with van der Waals surface area (Å²) in [7, 11) is 0. The van der Waals surface area contributed by atoms with E-state index in [1.165, 1.54) is 24.3 Å². The fourth-order valence-electron chi connectivity index (χ4n) is 8.67. The molecule has 0 saturated carbocycles. The molecular weight excluding hydrogens is 847 g/mol. The summed E-state index contributed by atoms with van der Waals surface area (Å²) in [5.41, 5.74) is 4.70. The van der Waals surface area contributed by atoms with Crippen LogP contribution in [0.5, 0.6) is 0 Å². The summed E-state index contributed by atoms with van der Waals surface area (Å²) in [4.78, 5) is 5.29. The van der Waals surface area contributed by atoms with Crippen molar-refractivity contribution in [2.45, 2.75) is 57.2 Å². The molecule has 11 heteroatoms. The van der Waals surface area contributed by atoms with Crippen molar-refractivity contribution in [3.8, 4) is 11.1 Å². The van der Waals surface area contributed by atoms with E-state index in [0.717, 1.165) is 63.3 Å². The topological polar surface area (TPSA) is 55.2 Å². The maximum Gasteiger partial charge on any atom is 0.416 e. The molecule has 0 saturated heterocycles. The number of halogens is 6. The Morgan fingerprint density at radius 3 is 1.52 bits per heavy atom. The normalized spacial score (nSPS) is 15.1. The number of nitrogens with one attached hydrogen (secondary N) is 1. The maximum absolute atomic E-state index is 14.9. The van der Waals surface area contributed by atoms with Crippen LogP contribution in [0.15, 0.2) is 204 Å². The van der Waals surface area contributed by atoms with Crippen LogP contribution in [0.3, 0.4) is 0 Å². The van der Waals surface area contributed by atoms with Gasteiger partial charge < -0.3 is 5.11 Å². The fourth-order valence-corrected chi connectivity index (χ4v) is 8.67. The van der Waals surface area contributed by atoms with Crippen molar-refractivity contribution >= 4 is 11.6 Å². The molecule has 7 aromatic carbocycles. The molecule has 0 bridgehead atoms. The van der Waals surface area contributed by atoms with E-state index >= 15 is 0 Å². The lowest BCUT2D eigenvalue weighted by Crippen LogP contribution is -3.09. The van der Waals surface area contributed by atoms with E-state index in [4.69, 9.17) is 10.2 Å². The van der Waals surface area contributed by atoms with E-state index in [1.807, 2.05) is 126 Å². The zero-order chi connectivity index (χ0) is 46.5. The highest BCUT2D eigenvalue weighted by atomic mass is 19.4. The lowest BCUT2D eigenvalue weighted by Gasteiger charge is -2.39. The zero-order valence-electron chi connectivity index (χ0n) is 36.3. The molecular formula is C55H47F6N4O+. The number of nitrogens with zero attached hydrogens (tertiary/aromatic N) is 3. The summed E-state index contributed by atoms with van der Waals surface area (Å²) in [5, 5.41) is 20.9. The molecule has 5 nitrogen and oxygen atoms in total. The average Bonchev–Trinajstić information content (AvgIpc) is 3.73. The monoisotopic (exact) mass is 893 g/mol. The Kier molecular flexibility index (Phi) is 13.2. The highest BCUT2D eigenvalue weighted by Gasteiger charge is 2.52. The Bertz CT molecular complexity index is 2780. The minimum absolute atomic E-state index is 0.0803. The minimum Gasteiger partial charge on any atom is -0.858 e. The number of hydrogen-bond acceptors (Lipinski definition) is 3. The predicted octanol–water partition coefficient (Wildman–Crippen LogP) is 11.9. The number of aliphatic imine (C=N–C) groups is 1. The lowest BCUT2D eigenvalue weighted by molar-refractivity contribution is -0.926. The summed E-state index contributed by atoms with van der Waals surface area (Å²) >= 11 is 0. The largest absolute Gasteiger partial charge is 0.858 e. The van der Waals surface area contributed by atoms with Gasteiger partial charge in [-0.25, -0.2) is 0 Å². The highest BCUT2D eigenvalue weighted by molar-refractivity contribution is 5.91. The van der Waals surface area contributed by atoms with E-state index in [1.54, 1.807) is 24.3 Å². The first-order valence-corrected chi connectivity index (χ1v) is 21.7. The Hall–Kier alpha value is -7.11. The number of alkyl halides is 6. The third-order valence-electron chi connectivity index (χ3n) is 11.9. The number of benzene rings is 7. The molecule has 66 heavy (non-hydrogen) atoms. The van der Waals surface area contributed by atoms with Gasteiger partial charge in [0.2, 0.25) is 12.7 Å². The first kappa shape index (κ1) is 45.5. The molecule has 0 fully saturated rings. The standard InChI is InChI=1S/C55H46F6N4O/c1-38(2)34-51(65-37-50(49-21-13-12-20-48(49)42-14-6-3-7-15-42)64(63-65)36-41-26-32-47(33-27-41)55(59,60)61)53(44-16-8-4-9-17-44,45-18-10-5-11-19-45)62-52(66)43-28-22-39(23-29-43)35-40-24-30-46(31-25-40)54(56,57)58/h3-33,37-38,51H,34-36H2,1-2H3/p+1. The molecule has 0 spiro atoms. The first-order valence-electron chi connectivity index (χ1n) is 21.7. The van der Waals surface area contributed by atoms with Crippen LogP contribution >= 0.6 is 0 Å². The first-order chi connectivity index (χ1) is 31.7. The molecule has 1 aliphatic rings. The van der Waals surface area contributed by atoms with Crippen LogP contribution in [-0.2, 0) is 30.9 Å². The van der Waals surface area contributed by atoms with Crippen molar-refractivity contribution in [2.24, 2.45) is 16.1 Å². The van der Waals surface area contributed by atoms with Gasteiger partial charge in [-0.2, -0.15) is 26.3 Å². The van der Waals surface area contributed by atoms with Gasteiger partial charge in [-0.05, 0) is 92.2 Å². The molecule has 334 valence electrons. The second-order valence-corrected chi connectivity index (χ2v) is 16.9. The van der Waals surface area contributed by atoms with Crippen molar-refractivity contribution in [2.75, 3.05) is 0 Å². The second-order valence-electron chi connectivity index (χ2n) is 16.9. The molecule has 7 aromatic rings. The van der Waals surface area contributed by atoms with Crippen LogP contribution in [0.4, 0.5) is 26.3 Å². The predicted molar refractivity (Wildman–Crippen MR) is 243 cm³/mol. The van der Waals surface area contributed by atoms with Gasteiger partial charge in [0, 0.05) is 12.0 Å². The van der Waals surface area contributed by atoms with Crippen LogP contribution in [0.1, 0.15) is 70.3 Å². The van der Waals surface area contributed by atoms with Crippen molar-refractivity contribution in [3.05, 3.63) is 244 Å². The third-order valence-corrected chi connectivity index (χ3v) is 11.9. The van der Waals surface area contributed by atoms with E-state index < -0.39 is 41.0 Å².